The fraction of sp³-hybridized carbons (Fsp3) is 0.0833. The number of halogens is 3. The SMILES string of the molecule is BrC1=Cc2ccccc2[CH]1[Zr+2][C]1=Cc2cc3ccc2C1c1cccc(c1)S3.[Cl-].[Cl-]. The van der Waals surface area contributed by atoms with Gasteiger partial charge in [-0.25, -0.2) is 0 Å². The molecule has 2 aliphatic carbocycles. The van der Waals surface area contributed by atoms with Gasteiger partial charge in [0.1, 0.15) is 0 Å². The molecule has 3 aromatic rings. The number of fused-ring (bicyclic) bond motifs is 2. The molecule has 0 nitrogen and oxygen atoms in total. The van der Waals surface area contributed by atoms with Crippen molar-refractivity contribution < 1.29 is 48.0 Å². The van der Waals surface area contributed by atoms with Gasteiger partial charge in [0, 0.05) is 0 Å². The van der Waals surface area contributed by atoms with Gasteiger partial charge in [0.05, 0.1) is 0 Å². The summed E-state index contributed by atoms with van der Waals surface area (Å²) in [6.07, 6.45) is 4.85. The monoisotopic (exact) mass is 574 g/mol. The first kappa shape index (κ1) is 21.7. The van der Waals surface area contributed by atoms with Crippen LogP contribution >= 0.6 is 27.7 Å². The zero-order valence-electron chi connectivity index (χ0n) is 15.2. The predicted molar refractivity (Wildman–Crippen MR) is 113 cm³/mol. The van der Waals surface area contributed by atoms with E-state index in [4.69, 9.17) is 0 Å². The van der Waals surface area contributed by atoms with Crippen LogP contribution in [0.25, 0.3) is 12.2 Å². The summed E-state index contributed by atoms with van der Waals surface area (Å²) >= 11 is 4.93. The molecule has 29 heavy (non-hydrogen) atoms. The van der Waals surface area contributed by atoms with Gasteiger partial charge < -0.3 is 24.8 Å². The molecular weight excluding hydrogens is 562 g/mol. The maximum atomic E-state index is 3.90. The molecule has 0 aromatic heterocycles. The minimum Gasteiger partial charge on any atom is -1.00 e. The van der Waals surface area contributed by atoms with Crippen LogP contribution < -0.4 is 24.8 Å². The molecule has 0 fully saturated rings. The maximum Gasteiger partial charge on any atom is -1.00 e. The number of hydrogen-bond acceptors (Lipinski definition) is 1. The first-order valence-electron chi connectivity index (χ1n) is 9.12. The Balaban J connectivity index is 0.00000102. The molecule has 0 saturated heterocycles. The van der Waals surface area contributed by atoms with E-state index in [-0.39, 0.29) is 24.8 Å². The molecule has 2 unspecified atom stereocenters. The Bertz CT molecular complexity index is 1170. The van der Waals surface area contributed by atoms with Gasteiger partial charge in [0.15, 0.2) is 0 Å². The maximum absolute atomic E-state index is 3.90. The van der Waals surface area contributed by atoms with Gasteiger partial charge in [-0.15, -0.1) is 0 Å². The molecular formula is C24H15BrCl2SZr. The molecule has 0 spiro atoms. The van der Waals surface area contributed by atoms with E-state index in [1.807, 2.05) is 11.8 Å². The molecule has 2 aliphatic heterocycles. The van der Waals surface area contributed by atoms with E-state index >= 15 is 0 Å². The Morgan fingerprint density at radius 2 is 1.59 bits per heavy atom. The van der Waals surface area contributed by atoms with E-state index < -0.39 is 23.2 Å². The van der Waals surface area contributed by atoms with Gasteiger partial charge in [0.25, 0.3) is 0 Å². The van der Waals surface area contributed by atoms with Crippen LogP contribution in [-0.4, -0.2) is 0 Å². The van der Waals surface area contributed by atoms with Crippen molar-refractivity contribution in [1.29, 1.82) is 0 Å². The molecule has 0 saturated carbocycles. The molecule has 7 rings (SSSR count). The average molecular weight is 577 g/mol. The van der Waals surface area contributed by atoms with Crippen molar-refractivity contribution in [3.63, 3.8) is 0 Å². The third kappa shape index (κ3) is 3.68. The summed E-state index contributed by atoms with van der Waals surface area (Å²) < 4.78 is 3.66. The third-order valence-electron chi connectivity index (χ3n) is 5.61. The van der Waals surface area contributed by atoms with Crippen molar-refractivity contribution in [1.82, 2.24) is 0 Å². The molecule has 0 N–H and O–H groups in total. The molecule has 5 heteroatoms. The van der Waals surface area contributed by atoms with Gasteiger partial charge in [-0.05, 0) is 0 Å². The Hall–Kier alpha value is -0.567. The summed E-state index contributed by atoms with van der Waals surface area (Å²) in [6.45, 7) is 0. The summed E-state index contributed by atoms with van der Waals surface area (Å²) in [6, 6.07) is 25.2. The Morgan fingerprint density at radius 3 is 2.48 bits per heavy atom. The minimum absolute atomic E-state index is 0. The molecule has 2 atom stereocenters. The van der Waals surface area contributed by atoms with Crippen LogP contribution in [0.15, 0.2) is 84.3 Å². The average Bonchev–Trinajstić information content (AvgIpc) is 3.20. The molecule has 2 heterocycles. The van der Waals surface area contributed by atoms with Gasteiger partial charge in [-0.2, -0.15) is 0 Å². The molecule has 6 bridgehead atoms. The Kier molecular flexibility index (Phi) is 6.36. The van der Waals surface area contributed by atoms with Crippen LogP contribution in [0.2, 0.25) is 0 Å². The van der Waals surface area contributed by atoms with Gasteiger partial charge in [-0.1, -0.05) is 0 Å². The van der Waals surface area contributed by atoms with Crippen molar-refractivity contribution >= 4 is 39.8 Å². The zero-order chi connectivity index (χ0) is 18.0. The predicted octanol–water partition coefficient (Wildman–Crippen LogP) is 1.22. The van der Waals surface area contributed by atoms with Crippen molar-refractivity contribution in [2.45, 2.75) is 19.3 Å². The van der Waals surface area contributed by atoms with Crippen molar-refractivity contribution in [3.8, 4) is 0 Å². The molecule has 3 aromatic carbocycles. The number of allylic oxidation sites excluding steroid dienone is 2. The summed E-state index contributed by atoms with van der Waals surface area (Å²) in [5.74, 6) is 0.451. The quantitative estimate of drug-likeness (QED) is 0.442. The largest absolute Gasteiger partial charge is 1.00 e. The van der Waals surface area contributed by atoms with E-state index in [9.17, 15) is 0 Å². The van der Waals surface area contributed by atoms with Gasteiger partial charge in [0.2, 0.25) is 0 Å². The standard InChI is InChI=1S/C15H9S.C9H6Br.2ClH.Zr/c1-2-10-8-12(3-1)16-13-5-7-15-11(9-13)4-6-14(10)15;10-9-5-7-3-1-2-4-8(7)6-9;;;/h1-5,7-9,14H;1-6H;2*1H;/q;;;;+2/p-2. The fourth-order valence-corrected chi connectivity index (χ4v) is 10.7. The van der Waals surface area contributed by atoms with Gasteiger partial charge in [-0.3, -0.25) is 0 Å². The normalized spacial score (nSPS) is 19.5. The number of rotatable bonds is 2. The van der Waals surface area contributed by atoms with Crippen molar-refractivity contribution in [2.24, 2.45) is 0 Å². The second kappa shape index (κ2) is 8.52. The first-order chi connectivity index (χ1) is 13.3. The van der Waals surface area contributed by atoms with Crippen LogP contribution in [0, 0.1) is 0 Å². The van der Waals surface area contributed by atoms with Crippen molar-refractivity contribution in [3.05, 3.63) is 102 Å². The minimum atomic E-state index is -0.849. The third-order valence-corrected chi connectivity index (χ3v) is 12.4. The molecule has 0 amide bonds. The van der Waals surface area contributed by atoms with E-state index in [1.165, 1.54) is 42.1 Å². The van der Waals surface area contributed by atoms with Crippen LogP contribution in [-0.2, 0) is 23.2 Å². The van der Waals surface area contributed by atoms with Crippen LogP contribution in [0.1, 0.15) is 37.4 Å². The van der Waals surface area contributed by atoms with Gasteiger partial charge >= 0.3 is 185 Å². The van der Waals surface area contributed by atoms with Crippen LogP contribution in [0.4, 0.5) is 0 Å². The summed E-state index contributed by atoms with van der Waals surface area (Å²) in [7, 11) is 0. The molecule has 4 aliphatic rings. The summed E-state index contributed by atoms with van der Waals surface area (Å²) in [5.41, 5.74) is 7.31. The summed E-state index contributed by atoms with van der Waals surface area (Å²) in [4.78, 5) is 2.71. The number of hydrogen-bond donors (Lipinski definition) is 0. The zero-order valence-corrected chi connectivity index (χ0v) is 21.6. The Labute approximate surface area is 207 Å². The van der Waals surface area contributed by atoms with Crippen LogP contribution in [0.5, 0.6) is 0 Å². The molecule has 142 valence electrons. The van der Waals surface area contributed by atoms with Crippen LogP contribution in [0.3, 0.4) is 0 Å². The van der Waals surface area contributed by atoms with E-state index in [0.29, 0.717) is 9.54 Å². The molecule has 0 radical (unpaired) electrons. The second-order valence-electron chi connectivity index (χ2n) is 7.23. The van der Waals surface area contributed by atoms with E-state index in [0.717, 1.165) is 0 Å². The van der Waals surface area contributed by atoms with E-state index in [1.54, 1.807) is 3.28 Å². The van der Waals surface area contributed by atoms with Crippen molar-refractivity contribution in [2.75, 3.05) is 0 Å². The smallest absolute Gasteiger partial charge is 1.00 e. The number of benzene rings is 3. The first-order valence-corrected chi connectivity index (χ1v) is 13.4. The second-order valence-corrected chi connectivity index (χ2v) is 12.8. The fourth-order valence-electron chi connectivity index (χ4n) is 4.40. The Morgan fingerprint density at radius 1 is 0.759 bits per heavy atom. The van der Waals surface area contributed by atoms with E-state index in [2.05, 4.69) is 94.8 Å². The topological polar surface area (TPSA) is 0 Å². The summed E-state index contributed by atoms with van der Waals surface area (Å²) in [5, 5.41) is 0.